The molecule has 0 N–H and O–H groups in total. The zero-order valence-electron chi connectivity index (χ0n) is 14.8. The average Bonchev–Trinajstić information content (AvgIpc) is 3.22. The van der Waals surface area contributed by atoms with Gasteiger partial charge in [0, 0.05) is 37.8 Å². The van der Waals surface area contributed by atoms with Crippen LogP contribution in [0.3, 0.4) is 0 Å². The minimum Gasteiger partial charge on any atom is -0.459 e. The van der Waals surface area contributed by atoms with Crippen molar-refractivity contribution < 1.29 is 17.6 Å². The van der Waals surface area contributed by atoms with Gasteiger partial charge in [0.05, 0.1) is 16.7 Å². The van der Waals surface area contributed by atoms with Crippen molar-refractivity contribution in [1.82, 2.24) is 14.2 Å². The first kappa shape index (κ1) is 17.7. The highest BCUT2D eigenvalue weighted by atomic mass is 32.2. The maximum Gasteiger partial charge on any atom is 0.289 e. The molecule has 1 aliphatic rings. The van der Waals surface area contributed by atoms with Crippen LogP contribution in [0.4, 0.5) is 0 Å². The van der Waals surface area contributed by atoms with Gasteiger partial charge in [0.2, 0.25) is 10.0 Å². The molecule has 1 aliphatic heterocycles. The highest BCUT2D eigenvalue weighted by Crippen LogP contribution is 2.27. The number of nitrogens with zero attached hydrogens (tertiary/aromatic N) is 3. The molecule has 27 heavy (non-hydrogen) atoms. The number of carbonyl (C=O) groups excluding carboxylic acids is 1. The number of carbonyl (C=O) groups is 1. The molecule has 8 heteroatoms. The van der Waals surface area contributed by atoms with Crippen LogP contribution in [0, 0.1) is 6.92 Å². The van der Waals surface area contributed by atoms with Crippen LogP contribution in [-0.4, -0.2) is 54.7 Å². The van der Waals surface area contributed by atoms with E-state index < -0.39 is 10.0 Å². The Morgan fingerprint density at radius 1 is 1.07 bits per heavy atom. The number of aryl methyl sites for hydroxylation is 1. The van der Waals surface area contributed by atoms with E-state index in [2.05, 4.69) is 4.98 Å². The molecule has 0 atom stereocenters. The number of amides is 1. The molecular weight excluding hydrogens is 366 g/mol. The van der Waals surface area contributed by atoms with Crippen molar-refractivity contribution in [3.8, 4) is 0 Å². The monoisotopic (exact) mass is 385 g/mol. The number of hydrogen-bond acceptors (Lipinski definition) is 5. The molecule has 140 valence electrons. The van der Waals surface area contributed by atoms with Gasteiger partial charge < -0.3 is 9.32 Å². The molecular formula is C19H19N3O4S. The summed E-state index contributed by atoms with van der Waals surface area (Å²) in [6.07, 6.45) is 3.11. The molecule has 0 radical (unpaired) electrons. The van der Waals surface area contributed by atoms with E-state index in [-0.39, 0.29) is 29.7 Å². The smallest absolute Gasteiger partial charge is 0.289 e. The van der Waals surface area contributed by atoms with E-state index >= 15 is 0 Å². The van der Waals surface area contributed by atoms with Crippen molar-refractivity contribution in [2.45, 2.75) is 11.8 Å². The van der Waals surface area contributed by atoms with Crippen molar-refractivity contribution in [3.05, 3.63) is 60.2 Å². The summed E-state index contributed by atoms with van der Waals surface area (Å²) >= 11 is 0. The Labute approximate surface area is 157 Å². The molecule has 1 amide bonds. The van der Waals surface area contributed by atoms with Gasteiger partial charge in [0.1, 0.15) is 0 Å². The molecule has 4 rings (SSSR count). The molecule has 0 aliphatic carbocycles. The second-order valence-electron chi connectivity index (χ2n) is 6.45. The summed E-state index contributed by atoms with van der Waals surface area (Å²) in [4.78, 5) is 18.5. The Bertz CT molecular complexity index is 1090. The highest BCUT2D eigenvalue weighted by Gasteiger charge is 2.32. The van der Waals surface area contributed by atoms with Gasteiger partial charge in [-0.05, 0) is 42.8 Å². The minimum absolute atomic E-state index is 0.220. The van der Waals surface area contributed by atoms with Crippen LogP contribution in [0.5, 0.6) is 0 Å². The predicted octanol–water partition coefficient (Wildman–Crippen LogP) is 2.28. The third kappa shape index (κ3) is 3.11. The lowest BCUT2D eigenvalue weighted by atomic mass is 10.1. The molecule has 2 aromatic heterocycles. The SMILES string of the molecule is Cc1ccc(S(=O)(=O)N2CCN(C(=O)c3ccco3)CC2)c2cccnc12. The number of aromatic nitrogens is 1. The summed E-state index contributed by atoms with van der Waals surface area (Å²) in [6.45, 7) is 3.03. The first-order chi connectivity index (χ1) is 13.0. The van der Waals surface area contributed by atoms with E-state index in [9.17, 15) is 13.2 Å². The molecule has 0 saturated carbocycles. The summed E-state index contributed by atoms with van der Waals surface area (Å²) in [5.41, 5.74) is 1.61. The van der Waals surface area contributed by atoms with Gasteiger partial charge in [0.15, 0.2) is 5.76 Å². The van der Waals surface area contributed by atoms with E-state index in [1.807, 2.05) is 6.92 Å². The van der Waals surface area contributed by atoms with Gasteiger partial charge in [-0.25, -0.2) is 8.42 Å². The topological polar surface area (TPSA) is 83.7 Å². The van der Waals surface area contributed by atoms with E-state index in [1.54, 1.807) is 47.5 Å². The molecule has 0 unspecified atom stereocenters. The lowest BCUT2D eigenvalue weighted by Crippen LogP contribution is -2.50. The fraction of sp³-hybridized carbons (Fsp3) is 0.263. The molecule has 1 saturated heterocycles. The maximum absolute atomic E-state index is 13.2. The standard InChI is InChI=1S/C19H19N3O4S/c1-14-6-7-17(15-4-2-8-20-18(14)15)27(24,25)22-11-9-21(10-12-22)19(23)16-5-3-13-26-16/h2-8,13H,9-12H2,1H3. The zero-order valence-corrected chi connectivity index (χ0v) is 15.6. The zero-order chi connectivity index (χ0) is 19.0. The van der Waals surface area contributed by atoms with Gasteiger partial charge >= 0.3 is 0 Å². The van der Waals surface area contributed by atoms with Crippen LogP contribution in [-0.2, 0) is 10.0 Å². The van der Waals surface area contributed by atoms with E-state index in [0.717, 1.165) is 5.56 Å². The molecule has 0 spiro atoms. The number of benzene rings is 1. The minimum atomic E-state index is -3.68. The number of sulfonamides is 1. The highest BCUT2D eigenvalue weighted by molar-refractivity contribution is 7.89. The third-order valence-corrected chi connectivity index (χ3v) is 6.76. The molecule has 3 heterocycles. The Balaban J connectivity index is 1.58. The van der Waals surface area contributed by atoms with Gasteiger partial charge in [-0.3, -0.25) is 9.78 Å². The van der Waals surface area contributed by atoms with Crippen LogP contribution in [0.2, 0.25) is 0 Å². The van der Waals surface area contributed by atoms with Crippen LogP contribution in [0.1, 0.15) is 16.1 Å². The van der Waals surface area contributed by atoms with Crippen molar-refractivity contribution in [2.75, 3.05) is 26.2 Å². The molecule has 7 nitrogen and oxygen atoms in total. The second kappa shape index (κ2) is 6.79. The Morgan fingerprint density at radius 2 is 1.85 bits per heavy atom. The molecule has 1 fully saturated rings. The number of hydrogen-bond donors (Lipinski definition) is 0. The average molecular weight is 385 g/mol. The molecule has 1 aromatic carbocycles. The van der Waals surface area contributed by atoms with E-state index in [1.165, 1.54) is 10.6 Å². The molecule has 3 aromatic rings. The van der Waals surface area contributed by atoms with Crippen molar-refractivity contribution >= 4 is 26.8 Å². The van der Waals surface area contributed by atoms with Gasteiger partial charge in [0.25, 0.3) is 5.91 Å². The maximum atomic E-state index is 13.2. The van der Waals surface area contributed by atoms with Crippen LogP contribution >= 0.6 is 0 Å². The number of fused-ring (bicyclic) bond motifs is 1. The Morgan fingerprint density at radius 3 is 2.56 bits per heavy atom. The van der Waals surface area contributed by atoms with E-state index in [4.69, 9.17) is 4.42 Å². The van der Waals surface area contributed by atoms with Crippen LogP contribution < -0.4 is 0 Å². The van der Waals surface area contributed by atoms with Gasteiger partial charge in [-0.2, -0.15) is 4.31 Å². The lowest BCUT2D eigenvalue weighted by Gasteiger charge is -2.33. The van der Waals surface area contributed by atoms with Gasteiger partial charge in [-0.15, -0.1) is 0 Å². The first-order valence-corrected chi connectivity index (χ1v) is 10.1. The fourth-order valence-corrected chi connectivity index (χ4v) is 4.94. The number of pyridine rings is 1. The fourth-order valence-electron chi connectivity index (χ4n) is 3.34. The number of piperazine rings is 1. The second-order valence-corrected chi connectivity index (χ2v) is 8.36. The first-order valence-electron chi connectivity index (χ1n) is 8.66. The van der Waals surface area contributed by atoms with Crippen molar-refractivity contribution in [3.63, 3.8) is 0 Å². The van der Waals surface area contributed by atoms with E-state index in [0.29, 0.717) is 24.0 Å². The van der Waals surface area contributed by atoms with Crippen molar-refractivity contribution in [2.24, 2.45) is 0 Å². The Kier molecular flexibility index (Phi) is 4.45. The lowest BCUT2D eigenvalue weighted by molar-refractivity contribution is 0.0666. The van der Waals surface area contributed by atoms with Gasteiger partial charge in [-0.1, -0.05) is 6.07 Å². The quantitative estimate of drug-likeness (QED) is 0.691. The summed E-state index contributed by atoms with van der Waals surface area (Å²) < 4.78 is 33.0. The largest absolute Gasteiger partial charge is 0.459 e. The predicted molar refractivity (Wildman–Crippen MR) is 99.9 cm³/mol. The Hall–Kier alpha value is -2.71. The summed E-state index contributed by atoms with van der Waals surface area (Å²) in [5, 5.41) is 0.617. The summed E-state index contributed by atoms with van der Waals surface area (Å²) in [6, 6.07) is 10.2. The number of rotatable bonds is 3. The molecule has 0 bridgehead atoms. The van der Waals surface area contributed by atoms with Crippen LogP contribution in [0.15, 0.2) is 58.2 Å². The summed E-state index contributed by atoms with van der Waals surface area (Å²) in [5.74, 6) is 0.0453. The summed E-state index contributed by atoms with van der Waals surface area (Å²) in [7, 11) is -3.68. The van der Waals surface area contributed by atoms with Crippen molar-refractivity contribution in [1.29, 1.82) is 0 Å². The third-order valence-electron chi connectivity index (χ3n) is 4.81. The normalized spacial score (nSPS) is 16.0. The number of furan rings is 1. The van der Waals surface area contributed by atoms with Crippen LogP contribution in [0.25, 0.3) is 10.9 Å².